The predicted molar refractivity (Wildman–Crippen MR) is 93.5 cm³/mol. The second kappa shape index (κ2) is 7.76. The van der Waals surface area contributed by atoms with Gasteiger partial charge in [-0.1, -0.05) is 23.2 Å². The van der Waals surface area contributed by atoms with E-state index in [1.54, 1.807) is 0 Å². The Labute approximate surface area is 155 Å². The minimum absolute atomic E-state index is 0.0230. The maximum Gasteiger partial charge on any atom is 0.314 e. The molecule has 2 amide bonds. The fourth-order valence-electron chi connectivity index (χ4n) is 1.80. The molecule has 2 aromatic carbocycles. The van der Waals surface area contributed by atoms with Crippen molar-refractivity contribution >= 4 is 57.8 Å². The first kappa shape index (κ1) is 19.1. The first-order valence-electron chi connectivity index (χ1n) is 6.69. The molecule has 0 saturated heterocycles. The maximum atomic E-state index is 12.0. The van der Waals surface area contributed by atoms with Crippen LogP contribution in [0.5, 0.6) is 0 Å². The first-order valence-corrected chi connectivity index (χ1v) is 7.45. The van der Waals surface area contributed by atoms with E-state index in [2.05, 4.69) is 10.6 Å². The molecular formula is C14H8Cl2N4O6. The predicted octanol–water partition coefficient (Wildman–Crippen LogP) is 3.39. The third-order valence-electron chi connectivity index (χ3n) is 3.02. The normalized spacial score (nSPS) is 10.1. The zero-order chi connectivity index (χ0) is 19.4. The third-order valence-corrected chi connectivity index (χ3v) is 3.68. The summed E-state index contributed by atoms with van der Waals surface area (Å²) in [6.07, 6.45) is 0. The highest BCUT2D eigenvalue weighted by Crippen LogP contribution is 2.28. The maximum absolute atomic E-state index is 12.0. The standard InChI is InChI=1S/C14H8Cl2N4O6/c15-9-3-1-7(19(23)24)5-11(9)17-13(21)14(22)18-12-6-8(20(25)26)2-4-10(12)16/h1-6H,(H,17,21)(H,18,22). The van der Waals surface area contributed by atoms with Crippen molar-refractivity contribution in [1.82, 2.24) is 0 Å². The highest BCUT2D eigenvalue weighted by molar-refractivity contribution is 6.45. The van der Waals surface area contributed by atoms with Crippen LogP contribution in [0.4, 0.5) is 22.7 Å². The molecule has 10 nitrogen and oxygen atoms in total. The average molecular weight is 399 g/mol. The van der Waals surface area contributed by atoms with Gasteiger partial charge in [0.25, 0.3) is 11.4 Å². The number of carbonyl (C=O) groups is 2. The van der Waals surface area contributed by atoms with Crippen LogP contribution in [0.1, 0.15) is 0 Å². The monoisotopic (exact) mass is 398 g/mol. The van der Waals surface area contributed by atoms with Crippen molar-refractivity contribution in [2.75, 3.05) is 10.6 Å². The number of benzene rings is 2. The van der Waals surface area contributed by atoms with E-state index in [0.717, 1.165) is 24.3 Å². The largest absolute Gasteiger partial charge is 0.316 e. The van der Waals surface area contributed by atoms with Gasteiger partial charge in [-0.3, -0.25) is 29.8 Å². The lowest BCUT2D eigenvalue weighted by Gasteiger charge is -2.09. The van der Waals surface area contributed by atoms with Gasteiger partial charge in [-0.2, -0.15) is 0 Å². The van der Waals surface area contributed by atoms with Gasteiger partial charge in [0.2, 0.25) is 0 Å². The summed E-state index contributed by atoms with van der Waals surface area (Å²) in [6.45, 7) is 0. The Morgan fingerprint density at radius 1 is 0.769 bits per heavy atom. The van der Waals surface area contributed by atoms with Gasteiger partial charge in [0.15, 0.2) is 0 Å². The minimum atomic E-state index is -1.20. The molecule has 134 valence electrons. The molecule has 0 aliphatic carbocycles. The van der Waals surface area contributed by atoms with Crippen LogP contribution >= 0.6 is 23.2 Å². The summed E-state index contributed by atoms with van der Waals surface area (Å²) in [5.74, 6) is -2.40. The van der Waals surface area contributed by atoms with Gasteiger partial charge in [-0.05, 0) is 12.1 Å². The molecule has 0 spiro atoms. The van der Waals surface area contributed by atoms with Gasteiger partial charge in [0.1, 0.15) is 0 Å². The van der Waals surface area contributed by atoms with E-state index in [1.165, 1.54) is 12.1 Å². The zero-order valence-corrected chi connectivity index (χ0v) is 14.1. The summed E-state index contributed by atoms with van der Waals surface area (Å²) >= 11 is 11.7. The summed E-state index contributed by atoms with van der Waals surface area (Å²) in [5.41, 5.74) is -0.976. The van der Waals surface area contributed by atoms with Crippen LogP contribution in [0.2, 0.25) is 10.0 Å². The fourth-order valence-corrected chi connectivity index (χ4v) is 2.13. The molecule has 2 rings (SSSR count). The van der Waals surface area contributed by atoms with Crippen molar-refractivity contribution < 1.29 is 19.4 Å². The molecule has 0 unspecified atom stereocenters. The molecule has 0 bridgehead atoms. The second-order valence-corrected chi connectivity index (χ2v) is 5.57. The van der Waals surface area contributed by atoms with Crippen molar-refractivity contribution in [3.05, 3.63) is 66.7 Å². The van der Waals surface area contributed by atoms with Gasteiger partial charge in [0.05, 0.1) is 31.3 Å². The number of halogens is 2. The number of nitro groups is 2. The number of rotatable bonds is 4. The number of nitrogens with zero attached hydrogens (tertiary/aromatic N) is 2. The summed E-state index contributed by atoms with van der Waals surface area (Å²) in [6, 6.07) is 6.58. The topological polar surface area (TPSA) is 144 Å². The van der Waals surface area contributed by atoms with Gasteiger partial charge < -0.3 is 10.6 Å². The Kier molecular flexibility index (Phi) is 5.70. The van der Waals surface area contributed by atoms with Crippen LogP contribution in [0, 0.1) is 20.2 Å². The Balaban J connectivity index is 2.17. The second-order valence-electron chi connectivity index (χ2n) is 4.75. The SMILES string of the molecule is O=C(Nc1cc([N+](=O)[O-])ccc1Cl)C(=O)Nc1cc([N+](=O)[O-])ccc1Cl. The Morgan fingerprint density at radius 3 is 1.42 bits per heavy atom. The number of hydrogen-bond donors (Lipinski definition) is 2. The molecule has 12 heteroatoms. The van der Waals surface area contributed by atoms with Crippen molar-refractivity contribution in [1.29, 1.82) is 0 Å². The number of nitro benzene ring substituents is 2. The molecule has 0 aliphatic heterocycles. The molecule has 0 aliphatic rings. The Bertz CT molecular complexity index is 858. The van der Waals surface area contributed by atoms with Gasteiger partial charge in [-0.25, -0.2) is 0 Å². The molecule has 2 N–H and O–H groups in total. The first-order chi connectivity index (χ1) is 12.2. The summed E-state index contributed by atoms with van der Waals surface area (Å²) in [5, 5.41) is 25.7. The highest BCUT2D eigenvalue weighted by Gasteiger charge is 2.19. The van der Waals surface area contributed by atoms with Gasteiger partial charge >= 0.3 is 11.8 Å². The molecule has 26 heavy (non-hydrogen) atoms. The van der Waals surface area contributed by atoms with Gasteiger partial charge in [0, 0.05) is 24.3 Å². The lowest BCUT2D eigenvalue weighted by Crippen LogP contribution is -2.29. The van der Waals surface area contributed by atoms with E-state index in [0.29, 0.717) is 0 Å². The summed E-state index contributed by atoms with van der Waals surface area (Å²) in [4.78, 5) is 44.0. The molecule has 0 fully saturated rings. The number of anilines is 2. The van der Waals surface area contributed by atoms with Crippen molar-refractivity contribution in [2.24, 2.45) is 0 Å². The zero-order valence-electron chi connectivity index (χ0n) is 12.6. The molecule has 0 saturated carbocycles. The third kappa shape index (κ3) is 4.43. The van der Waals surface area contributed by atoms with Crippen molar-refractivity contribution in [3.8, 4) is 0 Å². The van der Waals surface area contributed by atoms with Crippen molar-refractivity contribution in [2.45, 2.75) is 0 Å². The van der Waals surface area contributed by atoms with Crippen LogP contribution in [-0.2, 0) is 9.59 Å². The van der Waals surface area contributed by atoms with E-state index < -0.39 is 21.7 Å². The van der Waals surface area contributed by atoms with Crippen LogP contribution in [0.15, 0.2) is 36.4 Å². The molecule has 0 aromatic heterocycles. The van der Waals surface area contributed by atoms with Crippen molar-refractivity contribution in [3.63, 3.8) is 0 Å². The van der Waals surface area contributed by atoms with E-state index in [-0.39, 0.29) is 32.8 Å². The number of non-ortho nitro benzene ring substituents is 2. The smallest absolute Gasteiger partial charge is 0.314 e. The molecule has 0 radical (unpaired) electrons. The fraction of sp³-hybridized carbons (Fsp3) is 0. The molecular weight excluding hydrogens is 391 g/mol. The lowest BCUT2D eigenvalue weighted by atomic mass is 10.2. The minimum Gasteiger partial charge on any atom is -0.316 e. The summed E-state index contributed by atoms with van der Waals surface area (Å²) < 4.78 is 0. The lowest BCUT2D eigenvalue weighted by molar-refractivity contribution is -0.385. The number of carbonyl (C=O) groups excluding carboxylic acids is 2. The van der Waals surface area contributed by atoms with E-state index in [9.17, 15) is 29.8 Å². The molecule has 0 atom stereocenters. The number of amides is 2. The van der Waals surface area contributed by atoms with Crippen LogP contribution in [-0.4, -0.2) is 21.7 Å². The Hall–Kier alpha value is -3.24. The van der Waals surface area contributed by atoms with Crippen LogP contribution in [0.3, 0.4) is 0 Å². The van der Waals surface area contributed by atoms with Gasteiger partial charge in [-0.15, -0.1) is 0 Å². The average Bonchev–Trinajstić information content (AvgIpc) is 2.58. The van der Waals surface area contributed by atoms with Crippen LogP contribution < -0.4 is 10.6 Å². The van der Waals surface area contributed by atoms with E-state index in [4.69, 9.17) is 23.2 Å². The van der Waals surface area contributed by atoms with Crippen LogP contribution in [0.25, 0.3) is 0 Å². The molecule has 0 heterocycles. The number of hydrogen-bond acceptors (Lipinski definition) is 6. The number of nitrogens with one attached hydrogen (secondary N) is 2. The highest BCUT2D eigenvalue weighted by atomic mass is 35.5. The van der Waals surface area contributed by atoms with E-state index in [1.807, 2.05) is 0 Å². The molecule has 2 aromatic rings. The summed E-state index contributed by atoms with van der Waals surface area (Å²) in [7, 11) is 0. The Morgan fingerprint density at radius 2 is 1.12 bits per heavy atom. The quantitative estimate of drug-likeness (QED) is 0.458. The van der Waals surface area contributed by atoms with E-state index >= 15 is 0 Å².